The van der Waals surface area contributed by atoms with E-state index in [-0.39, 0.29) is 29.0 Å². The van der Waals surface area contributed by atoms with Gasteiger partial charge in [-0.3, -0.25) is 14.2 Å². The molecule has 0 unspecified atom stereocenters. The van der Waals surface area contributed by atoms with Crippen LogP contribution in [-0.4, -0.2) is 15.5 Å². The zero-order chi connectivity index (χ0) is 21.2. The van der Waals surface area contributed by atoms with Crippen molar-refractivity contribution in [2.24, 2.45) is 0 Å². The largest absolute Gasteiger partial charge is 0.416 e. The Labute approximate surface area is 168 Å². The summed E-state index contributed by atoms with van der Waals surface area (Å²) in [6.45, 7) is 3.77. The van der Waals surface area contributed by atoms with Crippen LogP contribution < -0.4 is 10.9 Å². The van der Waals surface area contributed by atoms with Crippen LogP contribution in [0.4, 0.5) is 13.2 Å². The summed E-state index contributed by atoms with van der Waals surface area (Å²) in [5, 5.41) is 2.93. The molecule has 0 aliphatic rings. The van der Waals surface area contributed by atoms with Crippen LogP contribution in [-0.2, 0) is 19.3 Å². The molecule has 1 aromatic heterocycles. The van der Waals surface area contributed by atoms with Gasteiger partial charge in [0.1, 0.15) is 0 Å². The number of amides is 1. The molecule has 150 valence electrons. The van der Waals surface area contributed by atoms with Crippen LogP contribution in [0.15, 0.2) is 59.9 Å². The standard InChI is InChI=1S/C20H16F3N3O2S/c1-2-8-26-18(28)15-7-6-13(10-16(15)25-19(26)29)17(27)24-11-12-4-3-5-14(9-12)20(21,22)23/h2-7,9-10H,1,8,11H2,(H,24,27)(H,25,29). The van der Waals surface area contributed by atoms with Crippen molar-refractivity contribution in [3.05, 3.63) is 86.9 Å². The van der Waals surface area contributed by atoms with E-state index in [1.165, 1.54) is 34.9 Å². The van der Waals surface area contributed by atoms with E-state index < -0.39 is 17.6 Å². The number of hydrogen-bond donors (Lipinski definition) is 2. The summed E-state index contributed by atoms with van der Waals surface area (Å²) in [6.07, 6.45) is -2.90. The van der Waals surface area contributed by atoms with E-state index in [0.29, 0.717) is 16.5 Å². The minimum atomic E-state index is -4.45. The number of nitrogens with one attached hydrogen (secondary N) is 2. The van der Waals surface area contributed by atoms with E-state index in [1.807, 2.05) is 0 Å². The van der Waals surface area contributed by atoms with Gasteiger partial charge in [0.05, 0.1) is 16.5 Å². The van der Waals surface area contributed by atoms with Crippen LogP contribution in [0.1, 0.15) is 21.5 Å². The molecule has 3 rings (SSSR count). The average molecular weight is 419 g/mol. The first-order valence-corrected chi connectivity index (χ1v) is 8.93. The van der Waals surface area contributed by atoms with E-state index in [4.69, 9.17) is 12.2 Å². The molecule has 1 amide bonds. The summed E-state index contributed by atoms with van der Waals surface area (Å²) in [5.41, 5.74) is -0.124. The maximum atomic E-state index is 12.8. The Kier molecular flexibility index (Phi) is 5.69. The molecule has 3 aromatic rings. The molecular formula is C20H16F3N3O2S. The van der Waals surface area contributed by atoms with Crippen molar-refractivity contribution >= 4 is 29.0 Å². The highest BCUT2D eigenvalue weighted by Gasteiger charge is 2.30. The quantitative estimate of drug-likeness (QED) is 0.481. The Morgan fingerprint density at radius 1 is 1.24 bits per heavy atom. The number of H-pyrrole nitrogens is 1. The average Bonchev–Trinajstić information content (AvgIpc) is 2.68. The van der Waals surface area contributed by atoms with Gasteiger partial charge in [-0.15, -0.1) is 6.58 Å². The Balaban J connectivity index is 1.83. The predicted molar refractivity (Wildman–Crippen MR) is 106 cm³/mol. The lowest BCUT2D eigenvalue weighted by Crippen LogP contribution is -2.24. The fourth-order valence-corrected chi connectivity index (χ4v) is 3.10. The molecule has 0 radical (unpaired) electrons. The lowest BCUT2D eigenvalue weighted by molar-refractivity contribution is -0.137. The Morgan fingerprint density at radius 3 is 2.69 bits per heavy atom. The second-order valence-corrected chi connectivity index (χ2v) is 6.66. The van der Waals surface area contributed by atoms with Crippen LogP contribution in [0.25, 0.3) is 10.9 Å². The molecule has 0 fully saturated rings. The number of aromatic nitrogens is 2. The summed E-state index contributed by atoms with van der Waals surface area (Å²) in [4.78, 5) is 27.8. The number of carbonyl (C=O) groups excluding carboxylic acids is 1. The van der Waals surface area contributed by atoms with Crippen molar-refractivity contribution in [1.29, 1.82) is 0 Å². The van der Waals surface area contributed by atoms with Gasteiger partial charge in [-0.2, -0.15) is 13.2 Å². The van der Waals surface area contributed by atoms with Crippen molar-refractivity contribution in [3.8, 4) is 0 Å². The number of fused-ring (bicyclic) bond motifs is 1. The molecule has 0 aliphatic carbocycles. The minimum Gasteiger partial charge on any atom is -0.348 e. The summed E-state index contributed by atoms with van der Waals surface area (Å²) in [5.74, 6) is -0.487. The van der Waals surface area contributed by atoms with Crippen molar-refractivity contribution in [1.82, 2.24) is 14.9 Å². The zero-order valence-corrected chi connectivity index (χ0v) is 15.9. The van der Waals surface area contributed by atoms with Crippen molar-refractivity contribution in [3.63, 3.8) is 0 Å². The number of nitrogens with zero attached hydrogens (tertiary/aromatic N) is 1. The van der Waals surface area contributed by atoms with Crippen molar-refractivity contribution < 1.29 is 18.0 Å². The van der Waals surface area contributed by atoms with Gasteiger partial charge in [-0.25, -0.2) is 0 Å². The van der Waals surface area contributed by atoms with Gasteiger partial charge < -0.3 is 10.3 Å². The smallest absolute Gasteiger partial charge is 0.348 e. The first kappa shape index (κ1) is 20.5. The second kappa shape index (κ2) is 8.04. The molecule has 0 atom stereocenters. The predicted octanol–water partition coefficient (Wildman–Crippen LogP) is 4.19. The number of halogens is 3. The normalized spacial score (nSPS) is 11.4. The highest BCUT2D eigenvalue weighted by atomic mass is 32.1. The lowest BCUT2D eigenvalue weighted by atomic mass is 10.1. The third-order valence-corrected chi connectivity index (χ3v) is 4.59. The van der Waals surface area contributed by atoms with Crippen LogP contribution in [0.2, 0.25) is 0 Å². The summed E-state index contributed by atoms with van der Waals surface area (Å²) >= 11 is 5.17. The lowest BCUT2D eigenvalue weighted by Gasteiger charge is -2.10. The van der Waals surface area contributed by atoms with Crippen LogP contribution in [0, 0.1) is 4.77 Å². The van der Waals surface area contributed by atoms with Gasteiger partial charge in [0.25, 0.3) is 11.5 Å². The molecule has 0 bridgehead atoms. The maximum absolute atomic E-state index is 12.8. The van der Waals surface area contributed by atoms with Crippen molar-refractivity contribution in [2.75, 3.05) is 0 Å². The molecule has 0 spiro atoms. The molecule has 0 aliphatic heterocycles. The second-order valence-electron chi connectivity index (χ2n) is 6.28. The first-order valence-electron chi connectivity index (χ1n) is 8.53. The number of aromatic amines is 1. The van der Waals surface area contributed by atoms with Gasteiger partial charge in [-0.1, -0.05) is 18.2 Å². The highest BCUT2D eigenvalue weighted by molar-refractivity contribution is 7.71. The highest BCUT2D eigenvalue weighted by Crippen LogP contribution is 2.29. The molecule has 1 heterocycles. The van der Waals surface area contributed by atoms with Gasteiger partial charge in [-0.05, 0) is 48.1 Å². The zero-order valence-electron chi connectivity index (χ0n) is 15.0. The third kappa shape index (κ3) is 4.45. The summed E-state index contributed by atoms with van der Waals surface area (Å²) in [6, 6.07) is 9.19. The number of hydrogen-bond acceptors (Lipinski definition) is 3. The first-order chi connectivity index (χ1) is 13.7. The molecule has 9 heteroatoms. The fourth-order valence-electron chi connectivity index (χ4n) is 2.83. The van der Waals surface area contributed by atoms with E-state index in [1.54, 1.807) is 6.08 Å². The fraction of sp³-hybridized carbons (Fsp3) is 0.150. The number of carbonyl (C=O) groups is 1. The van der Waals surface area contributed by atoms with Gasteiger partial charge >= 0.3 is 6.18 Å². The van der Waals surface area contributed by atoms with Gasteiger partial charge in [0, 0.05) is 18.7 Å². The van der Waals surface area contributed by atoms with E-state index in [2.05, 4.69) is 16.9 Å². The molecule has 0 saturated heterocycles. The van der Waals surface area contributed by atoms with Crippen molar-refractivity contribution in [2.45, 2.75) is 19.3 Å². The van der Waals surface area contributed by atoms with Gasteiger partial charge in [0.2, 0.25) is 0 Å². The SMILES string of the molecule is C=CCn1c(=S)[nH]c2cc(C(=O)NCc3cccc(C(F)(F)F)c3)ccc2c1=O. The topological polar surface area (TPSA) is 66.9 Å². The number of benzene rings is 2. The van der Waals surface area contributed by atoms with E-state index >= 15 is 0 Å². The van der Waals surface area contributed by atoms with Gasteiger partial charge in [0.15, 0.2) is 4.77 Å². The van der Waals surface area contributed by atoms with Crippen LogP contribution in [0.3, 0.4) is 0 Å². The third-order valence-electron chi connectivity index (χ3n) is 4.26. The Morgan fingerprint density at radius 2 is 2.00 bits per heavy atom. The minimum absolute atomic E-state index is 0.0717. The number of rotatable bonds is 5. The Bertz CT molecular complexity index is 1210. The van der Waals surface area contributed by atoms with Crippen LogP contribution >= 0.6 is 12.2 Å². The van der Waals surface area contributed by atoms with E-state index in [9.17, 15) is 22.8 Å². The molecular weight excluding hydrogens is 403 g/mol. The number of alkyl halides is 3. The number of allylic oxidation sites excluding steroid dienone is 1. The summed E-state index contributed by atoms with van der Waals surface area (Å²) in [7, 11) is 0. The molecule has 29 heavy (non-hydrogen) atoms. The molecule has 0 saturated carbocycles. The molecule has 5 nitrogen and oxygen atoms in total. The maximum Gasteiger partial charge on any atom is 0.416 e. The monoisotopic (exact) mass is 419 g/mol. The molecule has 2 aromatic carbocycles. The van der Waals surface area contributed by atoms with E-state index in [0.717, 1.165) is 12.1 Å². The molecule has 2 N–H and O–H groups in total. The Hall–Kier alpha value is -3.20. The summed E-state index contributed by atoms with van der Waals surface area (Å²) < 4.78 is 39.9. The van der Waals surface area contributed by atoms with Crippen LogP contribution in [0.5, 0.6) is 0 Å².